The Bertz CT molecular complexity index is 406. The molecular weight excluding hydrogens is 216 g/mol. The zero-order valence-corrected chi connectivity index (χ0v) is 10.1. The normalized spacial score (nSPS) is 24.3. The van der Waals surface area contributed by atoms with Crippen molar-refractivity contribution < 1.29 is 4.92 Å². The summed E-state index contributed by atoms with van der Waals surface area (Å²) in [5, 5.41) is 14.2. The maximum atomic E-state index is 10.9. The summed E-state index contributed by atoms with van der Waals surface area (Å²) in [5.41, 5.74) is 0.821. The summed E-state index contributed by atoms with van der Waals surface area (Å²) in [6.07, 6.45) is 4.80. The monoisotopic (exact) mass is 234 g/mol. The Hall–Kier alpha value is -1.58. The Labute approximate surface area is 101 Å². The van der Waals surface area contributed by atoms with E-state index < -0.39 is 0 Å². The fourth-order valence-electron chi connectivity index (χ4n) is 2.49. The van der Waals surface area contributed by atoms with Crippen molar-refractivity contribution in [3.05, 3.63) is 34.4 Å². The quantitative estimate of drug-likeness (QED) is 0.642. The second-order valence-corrected chi connectivity index (χ2v) is 4.79. The van der Waals surface area contributed by atoms with Crippen LogP contribution < -0.4 is 5.32 Å². The van der Waals surface area contributed by atoms with Crippen LogP contribution in [0, 0.1) is 16.0 Å². The first-order valence-electron chi connectivity index (χ1n) is 6.18. The first-order valence-corrected chi connectivity index (χ1v) is 6.18. The van der Waals surface area contributed by atoms with Crippen LogP contribution in [-0.2, 0) is 0 Å². The third-order valence-corrected chi connectivity index (χ3v) is 3.55. The van der Waals surface area contributed by atoms with Gasteiger partial charge in [-0.25, -0.2) is 0 Å². The molecule has 4 heteroatoms. The molecular formula is C13H18N2O2. The number of nitrogens with zero attached hydrogens (tertiary/aromatic N) is 1. The minimum Gasteiger partial charge on any atom is -0.376 e. The number of hydrogen-bond acceptors (Lipinski definition) is 3. The van der Waals surface area contributed by atoms with E-state index in [9.17, 15) is 10.1 Å². The fraction of sp³-hybridized carbons (Fsp3) is 0.538. The molecule has 17 heavy (non-hydrogen) atoms. The average molecular weight is 234 g/mol. The van der Waals surface area contributed by atoms with Gasteiger partial charge in [-0.1, -0.05) is 31.9 Å². The van der Waals surface area contributed by atoms with Crippen LogP contribution in [0.15, 0.2) is 24.3 Å². The Kier molecular flexibility index (Phi) is 3.61. The topological polar surface area (TPSA) is 55.2 Å². The van der Waals surface area contributed by atoms with Gasteiger partial charge >= 0.3 is 0 Å². The van der Waals surface area contributed by atoms with Crippen molar-refractivity contribution in [3.8, 4) is 0 Å². The summed E-state index contributed by atoms with van der Waals surface area (Å²) in [7, 11) is 0. The highest BCUT2D eigenvalue weighted by atomic mass is 16.6. The lowest BCUT2D eigenvalue weighted by atomic mass is 9.86. The van der Waals surface area contributed by atoms with Gasteiger partial charge in [-0.15, -0.1) is 0 Å². The summed E-state index contributed by atoms with van der Waals surface area (Å²) in [6, 6.07) is 7.25. The standard InChI is InChI=1S/C13H18N2O2/c1-10-6-2-3-7-11(10)14-12-8-4-5-9-13(12)15(16)17/h4-5,8-11,14H,2-3,6-7H2,1H3/t10-,11-/m1/s1. The molecule has 92 valence electrons. The Morgan fingerprint density at radius 2 is 2.00 bits per heavy atom. The lowest BCUT2D eigenvalue weighted by molar-refractivity contribution is -0.384. The van der Waals surface area contributed by atoms with Crippen LogP contribution in [0.3, 0.4) is 0 Å². The maximum absolute atomic E-state index is 10.9. The van der Waals surface area contributed by atoms with Crippen LogP contribution in [0.5, 0.6) is 0 Å². The van der Waals surface area contributed by atoms with Crippen molar-refractivity contribution in [2.24, 2.45) is 5.92 Å². The van der Waals surface area contributed by atoms with Gasteiger partial charge in [0.25, 0.3) is 5.69 Å². The third-order valence-electron chi connectivity index (χ3n) is 3.55. The van der Waals surface area contributed by atoms with E-state index in [1.165, 1.54) is 19.3 Å². The second-order valence-electron chi connectivity index (χ2n) is 4.79. The van der Waals surface area contributed by atoms with E-state index in [1.54, 1.807) is 18.2 Å². The first-order chi connectivity index (χ1) is 8.18. The SMILES string of the molecule is C[C@@H]1CCCC[C@H]1Nc1ccccc1[N+](=O)[O-]. The Balaban J connectivity index is 2.14. The average Bonchev–Trinajstić information content (AvgIpc) is 2.32. The molecule has 0 spiro atoms. The summed E-state index contributed by atoms with van der Waals surface area (Å²) in [6.45, 7) is 2.21. The molecule has 2 rings (SSSR count). The molecule has 1 aromatic rings. The van der Waals surface area contributed by atoms with Crippen molar-refractivity contribution in [3.63, 3.8) is 0 Å². The summed E-state index contributed by atoms with van der Waals surface area (Å²) < 4.78 is 0. The van der Waals surface area contributed by atoms with E-state index >= 15 is 0 Å². The van der Waals surface area contributed by atoms with Gasteiger partial charge in [-0.05, 0) is 24.8 Å². The van der Waals surface area contributed by atoms with E-state index in [0.29, 0.717) is 17.6 Å². The highest BCUT2D eigenvalue weighted by molar-refractivity contribution is 5.61. The molecule has 0 heterocycles. The third kappa shape index (κ3) is 2.75. The summed E-state index contributed by atoms with van der Waals surface area (Å²) in [5.74, 6) is 0.587. The molecule has 1 aliphatic carbocycles. The Morgan fingerprint density at radius 3 is 2.71 bits per heavy atom. The molecule has 4 nitrogen and oxygen atoms in total. The van der Waals surface area contributed by atoms with Gasteiger partial charge in [0.1, 0.15) is 5.69 Å². The van der Waals surface area contributed by atoms with E-state index in [2.05, 4.69) is 12.2 Å². The summed E-state index contributed by atoms with van der Waals surface area (Å²) >= 11 is 0. The number of hydrogen-bond donors (Lipinski definition) is 1. The van der Waals surface area contributed by atoms with Crippen molar-refractivity contribution in [2.75, 3.05) is 5.32 Å². The molecule has 0 aromatic heterocycles. The molecule has 2 atom stereocenters. The van der Waals surface area contributed by atoms with Crippen molar-refractivity contribution in [2.45, 2.75) is 38.6 Å². The van der Waals surface area contributed by atoms with Gasteiger partial charge < -0.3 is 5.32 Å². The summed E-state index contributed by atoms with van der Waals surface area (Å²) in [4.78, 5) is 10.6. The number of para-hydroxylation sites is 2. The van der Waals surface area contributed by atoms with Gasteiger partial charge in [-0.2, -0.15) is 0 Å². The first kappa shape index (κ1) is 11.9. The minimum absolute atomic E-state index is 0.172. The molecule has 1 fully saturated rings. The molecule has 0 aliphatic heterocycles. The van der Waals surface area contributed by atoms with Crippen LogP contribution in [0.2, 0.25) is 0 Å². The zero-order valence-electron chi connectivity index (χ0n) is 10.1. The molecule has 0 unspecified atom stereocenters. The molecule has 0 saturated heterocycles. The largest absolute Gasteiger partial charge is 0.376 e. The van der Waals surface area contributed by atoms with E-state index in [-0.39, 0.29) is 10.6 Å². The van der Waals surface area contributed by atoms with Crippen molar-refractivity contribution >= 4 is 11.4 Å². The number of nitro benzene ring substituents is 1. The van der Waals surface area contributed by atoms with Crippen LogP contribution in [0.4, 0.5) is 11.4 Å². The lowest BCUT2D eigenvalue weighted by Crippen LogP contribution is -2.30. The van der Waals surface area contributed by atoms with Gasteiger partial charge in [0.05, 0.1) is 4.92 Å². The number of nitro groups is 1. The lowest BCUT2D eigenvalue weighted by Gasteiger charge is -2.30. The van der Waals surface area contributed by atoms with Gasteiger partial charge in [0.2, 0.25) is 0 Å². The highest BCUT2D eigenvalue weighted by Crippen LogP contribution is 2.30. The predicted octanol–water partition coefficient (Wildman–Crippen LogP) is 3.59. The van der Waals surface area contributed by atoms with E-state index in [0.717, 1.165) is 6.42 Å². The molecule has 1 aromatic carbocycles. The van der Waals surface area contributed by atoms with E-state index in [4.69, 9.17) is 0 Å². The van der Waals surface area contributed by atoms with Crippen molar-refractivity contribution in [1.82, 2.24) is 0 Å². The molecule has 1 aliphatic rings. The predicted molar refractivity (Wildman–Crippen MR) is 68.1 cm³/mol. The molecule has 0 bridgehead atoms. The second kappa shape index (κ2) is 5.17. The number of rotatable bonds is 3. The van der Waals surface area contributed by atoms with Gasteiger partial charge in [0, 0.05) is 12.1 Å². The van der Waals surface area contributed by atoms with E-state index in [1.807, 2.05) is 6.07 Å². The van der Waals surface area contributed by atoms with Crippen LogP contribution in [-0.4, -0.2) is 11.0 Å². The minimum atomic E-state index is -0.324. The van der Waals surface area contributed by atoms with Gasteiger partial charge in [0.15, 0.2) is 0 Å². The van der Waals surface area contributed by atoms with Gasteiger partial charge in [-0.3, -0.25) is 10.1 Å². The van der Waals surface area contributed by atoms with Crippen LogP contribution in [0.25, 0.3) is 0 Å². The van der Waals surface area contributed by atoms with Crippen molar-refractivity contribution in [1.29, 1.82) is 0 Å². The number of nitrogens with one attached hydrogen (secondary N) is 1. The van der Waals surface area contributed by atoms with Crippen LogP contribution in [0.1, 0.15) is 32.6 Å². The molecule has 0 radical (unpaired) electrons. The Morgan fingerprint density at radius 1 is 1.29 bits per heavy atom. The maximum Gasteiger partial charge on any atom is 0.292 e. The fourth-order valence-corrected chi connectivity index (χ4v) is 2.49. The number of anilines is 1. The van der Waals surface area contributed by atoms with Crippen LogP contribution >= 0.6 is 0 Å². The zero-order chi connectivity index (χ0) is 12.3. The molecule has 1 N–H and O–H groups in total. The highest BCUT2D eigenvalue weighted by Gasteiger charge is 2.23. The smallest absolute Gasteiger partial charge is 0.292 e. The number of benzene rings is 1. The molecule has 0 amide bonds. The molecule has 1 saturated carbocycles.